The molecule has 1 aliphatic heterocycles. The number of aromatic nitrogens is 6. The van der Waals surface area contributed by atoms with Crippen molar-refractivity contribution < 1.29 is 9.53 Å². The zero-order chi connectivity index (χ0) is 20.3. The molecule has 4 heterocycles. The van der Waals surface area contributed by atoms with Crippen LogP contribution >= 0.6 is 0 Å². The Labute approximate surface area is 171 Å². The van der Waals surface area contributed by atoms with E-state index in [4.69, 9.17) is 4.74 Å². The van der Waals surface area contributed by atoms with Crippen molar-refractivity contribution in [1.82, 2.24) is 35.1 Å². The minimum Gasteiger partial charge on any atom is -0.376 e. The summed E-state index contributed by atoms with van der Waals surface area (Å²) >= 11 is 0. The molecule has 1 aliphatic rings. The van der Waals surface area contributed by atoms with E-state index in [1.165, 1.54) is 6.33 Å². The van der Waals surface area contributed by atoms with E-state index in [0.717, 1.165) is 36.4 Å². The summed E-state index contributed by atoms with van der Waals surface area (Å²) in [6, 6.07) is 7.21. The number of fused-ring (bicyclic) bond motifs is 1. The zero-order valence-electron chi connectivity index (χ0n) is 16.1. The Morgan fingerprint density at radius 2 is 2.13 bits per heavy atom. The van der Waals surface area contributed by atoms with Crippen LogP contribution < -0.4 is 10.6 Å². The number of amides is 1. The second kappa shape index (κ2) is 7.91. The van der Waals surface area contributed by atoms with Crippen molar-refractivity contribution in [3.8, 4) is 11.3 Å². The van der Waals surface area contributed by atoms with Crippen LogP contribution in [-0.4, -0.2) is 54.9 Å². The lowest BCUT2D eigenvalue weighted by Crippen LogP contribution is -2.31. The summed E-state index contributed by atoms with van der Waals surface area (Å²) in [6.45, 7) is 1.31. The summed E-state index contributed by atoms with van der Waals surface area (Å²) in [5.41, 5.74) is 3.61. The summed E-state index contributed by atoms with van der Waals surface area (Å²) in [4.78, 5) is 21.1. The molecule has 1 saturated heterocycles. The molecule has 152 valence electrons. The monoisotopic (exact) mass is 404 g/mol. The quantitative estimate of drug-likeness (QED) is 0.450. The molecule has 0 spiro atoms. The molecule has 5 rings (SSSR count). The van der Waals surface area contributed by atoms with E-state index in [1.54, 1.807) is 35.2 Å². The fraction of sp³-hybridized carbons (Fsp3) is 0.250. The Bertz CT molecular complexity index is 1150. The maximum Gasteiger partial charge on any atom is 0.251 e. The number of carbonyl (C=O) groups excluding carboxylic acids is 1. The van der Waals surface area contributed by atoms with E-state index < -0.39 is 0 Å². The molecule has 10 heteroatoms. The van der Waals surface area contributed by atoms with Gasteiger partial charge in [-0.2, -0.15) is 10.2 Å². The van der Waals surface area contributed by atoms with Crippen molar-refractivity contribution >= 4 is 23.1 Å². The molecule has 10 nitrogen and oxygen atoms in total. The second-order valence-electron chi connectivity index (χ2n) is 7.02. The molecule has 3 N–H and O–H groups in total. The van der Waals surface area contributed by atoms with Crippen molar-refractivity contribution in [2.24, 2.45) is 0 Å². The lowest BCUT2D eigenvalue weighted by Gasteiger charge is -2.11. The van der Waals surface area contributed by atoms with Gasteiger partial charge >= 0.3 is 0 Å². The molecule has 0 saturated carbocycles. The van der Waals surface area contributed by atoms with Crippen LogP contribution in [0.2, 0.25) is 0 Å². The lowest BCUT2D eigenvalue weighted by molar-refractivity contribution is 0.0858. The molecule has 1 amide bonds. The highest BCUT2D eigenvalue weighted by Crippen LogP contribution is 2.23. The molecular formula is C20H20N8O2. The first-order chi connectivity index (χ1) is 14.8. The van der Waals surface area contributed by atoms with Crippen LogP contribution in [0.15, 0.2) is 49.2 Å². The van der Waals surface area contributed by atoms with Crippen LogP contribution in [-0.2, 0) is 4.74 Å². The highest BCUT2D eigenvalue weighted by atomic mass is 16.5. The molecular weight excluding hydrogens is 384 g/mol. The smallest absolute Gasteiger partial charge is 0.251 e. The maximum absolute atomic E-state index is 12.3. The van der Waals surface area contributed by atoms with Crippen molar-refractivity contribution in [2.45, 2.75) is 18.9 Å². The van der Waals surface area contributed by atoms with Gasteiger partial charge in [0, 0.05) is 36.2 Å². The SMILES string of the molecule is O=C(NCC1CCCO1)c1ccc(Nc2ncc(-c3cn[nH]c3)n3ncnc23)cc1. The van der Waals surface area contributed by atoms with Gasteiger partial charge in [-0.15, -0.1) is 0 Å². The van der Waals surface area contributed by atoms with Gasteiger partial charge in [-0.1, -0.05) is 0 Å². The highest BCUT2D eigenvalue weighted by molar-refractivity contribution is 5.94. The maximum atomic E-state index is 12.3. The first-order valence-corrected chi connectivity index (χ1v) is 9.73. The number of rotatable bonds is 6. The summed E-state index contributed by atoms with van der Waals surface area (Å²) < 4.78 is 7.24. The van der Waals surface area contributed by atoms with E-state index in [2.05, 4.69) is 35.9 Å². The van der Waals surface area contributed by atoms with Gasteiger partial charge in [0.15, 0.2) is 11.5 Å². The number of carbonyl (C=O) groups is 1. The number of nitrogens with one attached hydrogen (secondary N) is 3. The van der Waals surface area contributed by atoms with Crippen LogP contribution in [0.4, 0.5) is 11.5 Å². The van der Waals surface area contributed by atoms with Gasteiger partial charge < -0.3 is 15.4 Å². The van der Waals surface area contributed by atoms with Gasteiger partial charge in [0.1, 0.15) is 6.33 Å². The number of ether oxygens (including phenoxy) is 1. The van der Waals surface area contributed by atoms with Crippen molar-refractivity contribution in [2.75, 3.05) is 18.5 Å². The molecule has 4 aromatic rings. The van der Waals surface area contributed by atoms with E-state index in [1.807, 2.05) is 12.1 Å². The van der Waals surface area contributed by atoms with Crippen LogP contribution in [0.3, 0.4) is 0 Å². The van der Waals surface area contributed by atoms with Crippen LogP contribution in [0, 0.1) is 0 Å². The Hall–Kier alpha value is -3.79. The fourth-order valence-corrected chi connectivity index (χ4v) is 3.45. The van der Waals surface area contributed by atoms with Crippen LogP contribution in [0.1, 0.15) is 23.2 Å². The summed E-state index contributed by atoms with van der Waals surface area (Å²) in [5, 5.41) is 17.2. The first kappa shape index (κ1) is 18.3. The molecule has 1 aromatic carbocycles. The van der Waals surface area contributed by atoms with Crippen LogP contribution in [0.25, 0.3) is 16.9 Å². The highest BCUT2D eigenvalue weighted by Gasteiger charge is 2.17. The number of nitrogens with zero attached hydrogens (tertiary/aromatic N) is 5. The predicted octanol–water partition coefficient (Wildman–Crippen LogP) is 2.17. The van der Waals surface area contributed by atoms with Crippen molar-refractivity contribution in [3.05, 3.63) is 54.7 Å². The van der Waals surface area contributed by atoms with Gasteiger partial charge in [0.25, 0.3) is 5.91 Å². The van der Waals surface area contributed by atoms with Gasteiger partial charge in [-0.25, -0.2) is 14.5 Å². The third-order valence-electron chi connectivity index (χ3n) is 5.02. The summed E-state index contributed by atoms with van der Waals surface area (Å²) in [6.07, 6.45) is 8.83. The number of aromatic amines is 1. The van der Waals surface area contributed by atoms with Gasteiger partial charge in [-0.05, 0) is 37.1 Å². The van der Waals surface area contributed by atoms with Gasteiger partial charge in [0.2, 0.25) is 0 Å². The normalized spacial score (nSPS) is 16.1. The second-order valence-corrected chi connectivity index (χ2v) is 7.02. The van der Waals surface area contributed by atoms with Gasteiger partial charge in [-0.3, -0.25) is 9.89 Å². The standard InChI is InChI=1S/C20H20N8O2/c29-20(22-10-16-2-1-7-30-16)13-3-5-15(6-4-13)27-18-19-23-12-26-28(19)17(11-21-18)14-8-24-25-9-14/h3-6,8-9,11-12,16H,1-2,7,10H2,(H,21,27)(H,22,29)(H,24,25). The van der Waals surface area contributed by atoms with Crippen molar-refractivity contribution in [1.29, 1.82) is 0 Å². The molecule has 0 bridgehead atoms. The van der Waals surface area contributed by atoms with Crippen LogP contribution in [0.5, 0.6) is 0 Å². The Morgan fingerprint density at radius 1 is 1.23 bits per heavy atom. The number of H-pyrrole nitrogens is 1. The Morgan fingerprint density at radius 3 is 2.90 bits per heavy atom. The first-order valence-electron chi connectivity index (χ1n) is 9.73. The molecule has 1 atom stereocenters. The Kier molecular flexibility index (Phi) is 4.81. The molecule has 1 fully saturated rings. The number of benzene rings is 1. The van der Waals surface area contributed by atoms with E-state index in [9.17, 15) is 4.79 Å². The van der Waals surface area contributed by atoms with E-state index >= 15 is 0 Å². The average Bonchev–Trinajstić information content (AvgIpc) is 3.55. The molecule has 3 aromatic heterocycles. The number of anilines is 2. The van der Waals surface area contributed by atoms with E-state index in [0.29, 0.717) is 23.6 Å². The van der Waals surface area contributed by atoms with E-state index in [-0.39, 0.29) is 12.0 Å². The fourth-order valence-electron chi connectivity index (χ4n) is 3.45. The topological polar surface area (TPSA) is 122 Å². The predicted molar refractivity (Wildman–Crippen MR) is 109 cm³/mol. The molecule has 1 unspecified atom stereocenters. The minimum absolute atomic E-state index is 0.112. The summed E-state index contributed by atoms with van der Waals surface area (Å²) in [5.74, 6) is 0.454. The van der Waals surface area contributed by atoms with Crippen molar-refractivity contribution in [3.63, 3.8) is 0 Å². The number of hydrogen-bond donors (Lipinski definition) is 3. The third kappa shape index (κ3) is 3.60. The van der Waals surface area contributed by atoms with Gasteiger partial charge in [0.05, 0.1) is 24.2 Å². The molecule has 0 aliphatic carbocycles. The molecule has 0 radical (unpaired) electrons. The average molecular weight is 404 g/mol. The number of hydrogen-bond acceptors (Lipinski definition) is 7. The summed E-state index contributed by atoms with van der Waals surface area (Å²) in [7, 11) is 0. The Balaban J connectivity index is 1.30. The largest absolute Gasteiger partial charge is 0.376 e. The molecule has 30 heavy (non-hydrogen) atoms. The minimum atomic E-state index is -0.112. The lowest BCUT2D eigenvalue weighted by atomic mass is 10.2. The zero-order valence-corrected chi connectivity index (χ0v) is 16.1. The third-order valence-corrected chi connectivity index (χ3v) is 5.02.